The second-order valence-corrected chi connectivity index (χ2v) is 3.73. The molecule has 0 radical (unpaired) electrons. The number of hydrogen-bond acceptors (Lipinski definition) is 5. The van der Waals surface area contributed by atoms with Crippen LogP contribution >= 0.6 is 0 Å². The predicted octanol–water partition coefficient (Wildman–Crippen LogP) is 2.20. The number of hydrogen-bond donors (Lipinski definition) is 0. The summed E-state index contributed by atoms with van der Waals surface area (Å²) in [5.41, 5.74) is 0. The van der Waals surface area contributed by atoms with Crippen LogP contribution in [0.25, 0.3) is 0 Å². The van der Waals surface area contributed by atoms with Gasteiger partial charge in [0.25, 0.3) is 0 Å². The molecule has 0 aromatic carbocycles. The van der Waals surface area contributed by atoms with E-state index < -0.39 is 0 Å². The summed E-state index contributed by atoms with van der Waals surface area (Å²) in [4.78, 5) is 9.44. The Hall–Kier alpha value is -0.750. The normalized spacial score (nSPS) is 24.7. The number of methoxy groups -OCH3 is 3. The number of ether oxygens (including phenoxy) is 4. The van der Waals surface area contributed by atoms with E-state index in [9.17, 15) is 4.79 Å². The zero-order chi connectivity index (χ0) is 15.3. The minimum Gasteiger partial charge on any atom is -0.382 e. The van der Waals surface area contributed by atoms with Crippen molar-refractivity contribution < 1.29 is 23.7 Å². The molecular formula is C14H28O5. The molecule has 3 atom stereocenters. The van der Waals surface area contributed by atoms with Crippen LogP contribution in [-0.4, -0.2) is 52.2 Å². The summed E-state index contributed by atoms with van der Waals surface area (Å²) in [7, 11) is 4.89. The summed E-state index contributed by atoms with van der Waals surface area (Å²) >= 11 is 0. The third-order valence-corrected chi connectivity index (χ3v) is 1.97. The molecule has 0 aliphatic carbocycles. The molecule has 0 aromatic heterocycles. The van der Waals surface area contributed by atoms with Crippen molar-refractivity contribution in [1.29, 1.82) is 0 Å². The molecule has 0 N–H and O–H groups in total. The Balaban J connectivity index is 0. The SMILES string of the molecule is CC.CC(C)=O.COCC1OC(OC)C=CC1OC. The summed E-state index contributed by atoms with van der Waals surface area (Å²) in [5, 5.41) is 0. The smallest absolute Gasteiger partial charge is 0.177 e. The lowest BCUT2D eigenvalue weighted by molar-refractivity contribution is -0.175. The molecule has 0 saturated heterocycles. The van der Waals surface area contributed by atoms with Gasteiger partial charge in [-0.2, -0.15) is 0 Å². The van der Waals surface area contributed by atoms with Gasteiger partial charge in [-0.3, -0.25) is 0 Å². The summed E-state index contributed by atoms with van der Waals surface area (Å²) < 4.78 is 20.8. The zero-order valence-corrected chi connectivity index (χ0v) is 13.1. The highest BCUT2D eigenvalue weighted by molar-refractivity contribution is 5.72. The molecule has 1 heterocycles. The number of ketones is 1. The first-order valence-corrected chi connectivity index (χ1v) is 6.40. The largest absolute Gasteiger partial charge is 0.382 e. The molecular weight excluding hydrogens is 248 g/mol. The molecule has 5 nitrogen and oxygen atoms in total. The van der Waals surface area contributed by atoms with E-state index in [1.54, 1.807) is 21.3 Å². The molecule has 3 unspecified atom stereocenters. The van der Waals surface area contributed by atoms with E-state index in [1.807, 2.05) is 26.0 Å². The third-order valence-electron chi connectivity index (χ3n) is 1.97. The number of Topliss-reactive ketones (excluding diaryl/α,β-unsaturated/α-hetero) is 1. The fraction of sp³-hybridized carbons (Fsp3) is 0.786. The number of carbonyl (C=O) groups excluding carboxylic acids is 1. The Morgan fingerprint density at radius 2 is 1.63 bits per heavy atom. The molecule has 0 saturated carbocycles. The first-order chi connectivity index (χ1) is 9.04. The van der Waals surface area contributed by atoms with Crippen LogP contribution in [0.5, 0.6) is 0 Å². The number of rotatable bonds is 4. The number of carbonyl (C=O) groups is 1. The van der Waals surface area contributed by atoms with E-state index in [0.29, 0.717) is 6.61 Å². The van der Waals surface area contributed by atoms with Gasteiger partial charge < -0.3 is 23.7 Å². The first kappa shape index (κ1) is 20.6. The Bertz CT molecular complexity index is 236. The van der Waals surface area contributed by atoms with Crippen LogP contribution in [0.2, 0.25) is 0 Å². The van der Waals surface area contributed by atoms with Crippen LogP contribution in [0.15, 0.2) is 12.2 Å². The summed E-state index contributed by atoms with van der Waals surface area (Å²) in [6.07, 6.45) is 3.34. The molecule has 1 aliphatic heterocycles. The van der Waals surface area contributed by atoms with Gasteiger partial charge in [0, 0.05) is 21.3 Å². The molecule has 0 bridgehead atoms. The Kier molecular flexibility index (Phi) is 14.8. The quantitative estimate of drug-likeness (QED) is 0.737. The van der Waals surface area contributed by atoms with Crippen LogP contribution in [0.3, 0.4) is 0 Å². The average molecular weight is 276 g/mol. The second kappa shape index (κ2) is 13.7. The molecule has 114 valence electrons. The molecule has 0 aromatic rings. The highest BCUT2D eigenvalue weighted by Gasteiger charge is 2.26. The fourth-order valence-electron chi connectivity index (χ4n) is 1.28. The van der Waals surface area contributed by atoms with Crippen molar-refractivity contribution in [3.63, 3.8) is 0 Å². The van der Waals surface area contributed by atoms with Gasteiger partial charge in [-0.05, 0) is 19.9 Å². The zero-order valence-electron chi connectivity index (χ0n) is 13.1. The maximum absolute atomic E-state index is 9.44. The van der Waals surface area contributed by atoms with Crippen molar-refractivity contribution in [3.05, 3.63) is 12.2 Å². The van der Waals surface area contributed by atoms with E-state index in [1.165, 1.54) is 13.8 Å². The van der Waals surface area contributed by atoms with Crippen LogP contribution in [0.1, 0.15) is 27.7 Å². The Morgan fingerprint density at radius 3 is 2.00 bits per heavy atom. The van der Waals surface area contributed by atoms with E-state index in [-0.39, 0.29) is 24.3 Å². The monoisotopic (exact) mass is 276 g/mol. The molecule has 19 heavy (non-hydrogen) atoms. The van der Waals surface area contributed by atoms with Crippen molar-refractivity contribution >= 4 is 5.78 Å². The van der Waals surface area contributed by atoms with Crippen molar-refractivity contribution in [2.24, 2.45) is 0 Å². The topological polar surface area (TPSA) is 54.0 Å². The van der Waals surface area contributed by atoms with Gasteiger partial charge in [0.15, 0.2) is 6.29 Å². The lowest BCUT2D eigenvalue weighted by atomic mass is 10.1. The van der Waals surface area contributed by atoms with Gasteiger partial charge in [-0.1, -0.05) is 19.9 Å². The van der Waals surface area contributed by atoms with Crippen molar-refractivity contribution in [1.82, 2.24) is 0 Å². The lowest BCUT2D eigenvalue weighted by Crippen LogP contribution is -2.40. The third kappa shape index (κ3) is 10.8. The standard InChI is InChI=1S/C9H16O4.C3H6O.C2H6/c1-10-6-8-7(11-2)4-5-9(12-3)13-8;1-3(2)4;1-2/h4-5,7-9H,6H2,1-3H3;1-2H3;1-2H3. The van der Waals surface area contributed by atoms with Gasteiger partial charge in [0.2, 0.25) is 0 Å². The molecule has 0 fully saturated rings. The maximum atomic E-state index is 9.44. The van der Waals surface area contributed by atoms with Gasteiger partial charge in [-0.25, -0.2) is 0 Å². The van der Waals surface area contributed by atoms with E-state index in [2.05, 4.69) is 0 Å². The summed E-state index contributed by atoms with van der Waals surface area (Å²) in [6.45, 7) is 7.56. The van der Waals surface area contributed by atoms with E-state index in [0.717, 1.165) is 0 Å². The highest BCUT2D eigenvalue weighted by Crippen LogP contribution is 2.15. The molecule has 1 aliphatic rings. The highest BCUT2D eigenvalue weighted by atomic mass is 16.7. The Labute approximate surface area is 116 Å². The van der Waals surface area contributed by atoms with Crippen molar-refractivity contribution in [2.75, 3.05) is 27.9 Å². The maximum Gasteiger partial charge on any atom is 0.177 e. The van der Waals surface area contributed by atoms with E-state index in [4.69, 9.17) is 18.9 Å². The van der Waals surface area contributed by atoms with Gasteiger partial charge in [-0.15, -0.1) is 0 Å². The van der Waals surface area contributed by atoms with Gasteiger partial charge >= 0.3 is 0 Å². The van der Waals surface area contributed by atoms with Crippen molar-refractivity contribution in [2.45, 2.75) is 46.2 Å². The van der Waals surface area contributed by atoms with Crippen molar-refractivity contribution in [3.8, 4) is 0 Å². The minimum atomic E-state index is -0.286. The second-order valence-electron chi connectivity index (χ2n) is 3.73. The predicted molar refractivity (Wildman–Crippen MR) is 75.2 cm³/mol. The fourth-order valence-corrected chi connectivity index (χ4v) is 1.28. The summed E-state index contributed by atoms with van der Waals surface area (Å²) in [5.74, 6) is 0.167. The van der Waals surface area contributed by atoms with E-state index >= 15 is 0 Å². The lowest BCUT2D eigenvalue weighted by Gasteiger charge is -2.30. The average Bonchev–Trinajstić information content (AvgIpc) is 2.40. The van der Waals surface area contributed by atoms with Crippen LogP contribution < -0.4 is 0 Å². The first-order valence-electron chi connectivity index (χ1n) is 6.40. The van der Waals surface area contributed by atoms with Crippen LogP contribution in [0.4, 0.5) is 0 Å². The van der Waals surface area contributed by atoms with Crippen LogP contribution in [0, 0.1) is 0 Å². The molecule has 0 spiro atoms. The van der Waals surface area contributed by atoms with Gasteiger partial charge in [0.1, 0.15) is 18.0 Å². The summed E-state index contributed by atoms with van der Waals surface area (Å²) in [6, 6.07) is 0. The minimum absolute atomic E-state index is 0.0497. The molecule has 1 rings (SSSR count). The van der Waals surface area contributed by atoms with Crippen LogP contribution in [-0.2, 0) is 23.7 Å². The Morgan fingerprint density at radius 1 is 1.11 bits per heavy atom. The molecule has 0 amide bonds. The van der Waals surface area contributed by atoms with Gasteiger partial charge in [0.05, 0.1) is 6.61 Å². The molecule has 5 heteroatoms.